The highest BCUT2D eigenvalue weighted by Crippen LogP contribution is 2.26. The van der Waals surface area contributed by atoms with Crippen LogP contribution in [-0.4, -0.2) is 15.9 Å². The van der Waals surface area contributed by atoms with Crippen LogP contribution in [0.15, 0.2) is 23.0 Å². The van der Waals surface area contributed by atoms with Crippen LogP contribution in [0.25, 0.3) is 0 Å². The molecule has 20 heavy (non-hydrogen) atoms. The molecule has 0 saturated carbocycles. The molecule has 0 atom stereocenters. The zero-order valence-electron chi connectivity index (χ0n) is 10.8. The van der Waals surface area contributed by atoms with E-state index in [1.54, 1.807) is 26.0 Å². The number of H-pyrrole nitrogens is 1. The molecule has 0 aromatic carbocycles. The number of carbonyl (C=O) groups is 1. The SMILES string of the molecule is Cc1ccc(C(=O)Nc2c(C)cc(Cl)nc2Cl)c(=O)[nH]1. The minimum atomic E-state index is -0.555. The predicted molar refractivity (Wildman–Crippen MR) is 78.7 cm³/mol. The summed E-state index contributed by atoms with van der Waals surface area (Å²) < 4.78 is 0. The number of amides is 1. The van der Waals surface area contributed by atoms with Crippen LogP contribution in [-0.2, 0) is 0 Å². The lowest BCUT2D eigenvalue weighted by atomic mass is 10.2. The third-order valence-electron chi connectivity index (χ3n) is 2.68. The van der Waals surface area contributed by atoms with Gasteiger partial charge >= 0.3 is 0 Å². The molecular weight excluding hydrogens is 301 g/mol. The number of aryl methyl sites for hydroxylation is 2. The number of hydrogen-bond acceptors (Lipinski definition) is 3. The number of nitrogens with one attached hydrogen (secondary N) is 2. The Morgan fingerprint density at radius 1 is 1.30 bits per heavy atom. The number of pyridine rings is 2. The van der Waals surface area contributed by atoms with Gasteiger partial charge in [-0.25, -0.2) is 4.98 Å². The van der Waals surface area contributed by atoms with Crippen LogP contribution in [0.4, 0.5) is 5.69 Å². The first-order chi connectivity index (χ1) is 9.38. The second kappa shape index (κ2) is 5.64. The number of rotatable bonds is 2. The topological polar surface area (TPSA) is 74.8 Å². The quantitative estimate of drug-likeness (QED) is 0.837. The number of carbonyl (C=O) groups excluding carboxylic acids is 1. The molecule has 0 aliphatic rings. The molecule has 2 rings (SSSR count). The fourth-order valence-corrected chi connectivity index (χ4v) is 2.26. The largest absolute Gasteiger partial charge is 0.326 e. The fourth-order valence-electron chi connectivity index (χ4n) is 1.68. The molecule has 7 heteroatoms. The van der Waals surface area contributed by atoms with Gasteiger partial charge in [0.1, 0.15) is 10.7 Å². The molecule has 0 saturated heterocycles. The zero-order valence-corrected chi connectivity index (χ0v) is 12.3. The number of hydrogen-bond donors (Lipinski definition) is 2. The van der Waals surface area contributed by atoms with Crippen LogP contribution in [0.2, 0.25) is 10.3 Å². The van der Waals surface area contributed by atoms with E-state index in [9.17, 15) is 9.59 Å². The lowest BCUT2D eigenvalue weighted by Crippen LogP contribution is -2.23. The molecular formula is C13H11Cl2N3O2. The Bertz CT molecular complexity index is 718. The first kappa shape index (κ1) is 14.6. The molecule has 2 aromatic rings. The summed E-state index contributed by atoms with van der Waals surface area (Å²) in [4.78, 5) is 30.2. The van der Waals surface area contributed by atoms with E-state index in [-0.39, 0.29) is 15.9 Å². The highest BCUT2D eigenvalue weighted by molar-refractivity contribution is 6.35. The highest BCUT2D eigenvalue weighted by Gasteiger charge is 2.15. The van der Waals surface area contributed by atoms with Gasteiger partial charge in [-0.1, -0.05) is 23.2 Å². The third kappa shape index (κ3) is 3.00. The zero-order chi connectivity index (χ0) is 14.9. The van der Waals surface area contributed by atoms with Crippen molar-refractivity contribution in [3.05, 3.63) is 55.7 Å². The van der Waals surface area contributed by atoms with E-state index < -0.39 is 11.5 Å². The Morgan fingerprint density at radius 2 is 2.00 bits per heavy atom. The van der Waals surface area contributed by atoms with Crippen LogP contribution in [0.5, 0.6) is 0 Å². The summed E-state index contributed by atoms with van der Waals surface area (Å²) in [6.07, 6.45) is 0. The summed E-state index contributed by atoms with van der Waals surface area (Å²) in [5, 5.41) is 2.88. The van der Waals surface area contributed by atoms with Crippen LogP contribution < -0.4 is 10.9 Å². The summed E-state index contributed by atoms with van der Waals surface area (Å²) in [7, 11) is 0. The Balaban J connectivity index is 2.35. The molecule has 0 radical (unpaired) electrons. The van der Waals surface area contributed by atoms with Gasteiger partial charge in [0.05, 0.1) is 5.69 Å². The number of anilines is 1. The fraction of sp³-hybridized carbons (Fsp3) is 0.154. The van der Waals surface area contributed by atoms with E-state index in [1.807, 2.05) is 0 Å². The van der Waals surface area contributed by atoms with Crippen LogP contribution in [0.3, 0.4) is 0 Å². The Labute approximate surface area is 125 Å². The summed E-state index contributed by atoms with van der Waals surface area (Å²) >= 11 is 11.7. The van der Waals surface area contributed by atoms with Gasteiger partial charge in [0, 0.05) is 5.69 Å². The minimum Gasteiger partial charge on any atom is -0.326 e. The molecule has 104 valence electrons. The summed E-state index contributed by atoms with van der Waals surface area (Å²) in [5.74, 6) is -0.555. The first-order valence-electron chi connectivity index (χ1n) is 5.72. The van der Waals surface area contributed by atoms with Gasteiger partial charge in [0.25, 0.3) is 11.5 Å². The van der Waals surface area contributed by atoms with Gasteiger partial charge in [-0.05, 0) is 37.6 Å². The molecule has 0 spiro atoms. The second-order valence-electron chi connectivity index (χ2n) is 4.27. The normalized spacial score (nSPS) is 10.4. The molecule has 0 aliphatic carbocycles. The smallest absolute Gasteiger partial charge is 0.261 e. The summed E-state index contributed by atoms with van der Waals surface area (Å²) in [6.45, 7) is 3.46. The van der Waals surface area contributed by atoms with Gasteiger partial charge in [-0.15, -0.1) is 0 Å². The van der Waals surface area contributed by atoms with E-state index >= 15 is 0 Å². The maximum Gasteiger partial charge on any atom is 0.261 e. The van der Waals surface area contributed by atoms with Crippen molar-refractivity contribution in [3.8, 4) is 0 Å². The Hall–Kier alpha value is -1.85. The first-order valence-corrected chi connectivity index (χ1v) is 6.48. The number of nitrogens with zero attached hydrogens (tertiary/aromatic N) is 1. The molecule has 0 unspecified atom stereocenters. The summed E-state index contributed by atoms with van der Waals surface area (Å²) in [6, 6.07) is 4.67. The van der Waals surface area contributed by atoms with E-state index in [4.69, 9.17) is 23.2 Å². The lowest BCUT2D eigenvalue weighted by Gasteiger charge is -2.10. The maximum atomic E-state index is 12.1. The molecule has 2 heterocycles. The number of aromatic nitrogens is 2. The number of halogens is 2. The molecule has 5 nitrogen and oxygen atoms in total. The van der Waals surface area contributed by atoms with Crippen LogP contribution >= 0.6 is 23.2 Å². The molecule has 2 N–H and O–H groups in total. The van der Waals surface area contributed by atoms with Crippen molar-refractivity contribution >= 4 is 34.8 Å². The van der Waals surface area contributed by atoms with Crippen molar-refractivity contribution in [2.24, 2.45) is 0 Å². The van der Waals surface area contributed by atoms with Crippen molar-refractivity contribution in [1.82, 2.24) is 9.97 Å². The van der Waals surface area contributed by atoms with Gasteiger partial charge in [0.15, 0.2) is 5.15 Å². The predicted octanol–water partition coefficient (Wildman–Crippen LogP) is 2.95. The van der Waals surface area contributed by atoms with Gasteiger partial charge in [0.2, 0.25) is 0 Å². The van der Waals surface area contributed by atoms with Crippen molar-refractivity contribution in [2.75, 3.05) is 5.32 Å². The van der Waals surface area contributed by atoms with Gasteiger partial charge < -0.3 is 10.3 Å². The minimum absolute atomic E-state index is 0.000941. The average Bonchev–Trinajstić information content (AvgIpc) is 2.33. The molecule has 0 fully saturated rings. The average molecular weight is 312 g/mol. The Kier molecular flexibility index (Phi) is 4.11. The molecule has 1 amide bonds. The van der Waals surface area contributed by atoms with E-state index in [1.165, 1.54) is 6.07 Å². The molecule has 2 aromatic heterocycles. The standard InChI is InChI=1S/C13H11Cl2N3O2/c1-6-5-9(14)17-11(15)10(6)18-13(20)8-4-3-7(2)16-12(8)19/h3-5H,1-2H3,(H,16,19)(H,18,20). The highest BCUT2D eigenvalue weighted by atomic mass is 35.5. The molecule has 0 bridgehead atoms. The van der Waals surface area contributed by atoms with E-state index in [2.05, 4.69) is 15.3 Å². The van der Waals surface area contributed by atoms with Crippen molar-refractivity contribution < 1.29 is 4.79 Å². The van der Waals surface area contributed by atoms with Crippen molar-refractivity contribution in [2.45, 2.75) is 13.8 Å². The monoisotopic (exact) mass is 311 g/mol. The van der Waals surface area contributed by atoms with Crippen LogP contribution in [0.1, 0.15) is 21.6 Å². The molecule has 0 aliphatic heterocycles. The Morgan fingerprint density at radius 3 is 2.60 bits per heavy atom. The number of aromatic amines is 1. The third-order valence-corrected chi connectivity index (χ3v) is 3.15. The van der Waals surface area contributed by atoms with Crippen molar-refractivity contribution in [1.29, 1.82) is 0 Å². The van der Waals surface area contributed by atoms with Crippen LogP contribution in [0, 0.1) is 13.8 Å². The summed E-state index contributed by atoms with van der Waals surface area (Å²) in [5.41, 5.74) is 1.21. The lowest BCUT2D eigenvalue weighted by molar-refractivity contribution is 0.102. The van der Waals surface area contributed by atoms with Crippen molar-refractivity contribution in [3.63, 3.8) is 0 Å². The van der Waals surface area contributed by atoms with Gasteiger partial charge in [-0.2, -0.15) is 0 Å². The van der Waals surface area contributed by atoms with E-state index in [0.717, 1.165) is 0 Å². The maximum absolute atomic E-state index is 12.1. The van der Waals surface area contributed by atoms with Gasteiger partial charge in [-0.3, -0.25) is 9.59 Å². The second-order valence-corrected chi connectivity index (χ2v) is 5.01. The van der Waals surface area contributed by atoms with E-state index in [0.29, 0.717) is 16.9 Å².